The molecule has 0 radical (unpaired) electrons. The molecule has 4 aromatic heterocycles. The summed E-state index contributed by atoms with van der Waals surface area (Å²) < 4.78 is 14.7. The average molecular weight is 1070 g/mol. The number of hydrogen-bond donors (Lipinski definition) is 0. The third kappa shape index (κ3) is 8.09. The van der Waals surface area contributed by atoms with Gasteiger partial charge in [-0.1, -0.05) is 75.1 Å². The quantitative estimate of drug-likeness (QED) is 0.127. The predicted molar refractivity (Wildman–Crippen MR) is 204 cm³/mol. The maximum absolute atomic E-state index is 6.35. The minimum absolute atomic E-state index is 0. The Hall–Kier alpha value is -4.96. The number of fused-ring (bicyclic) bond motifs is 3. The zero-order valence-electron chi connectivity index (χ0n) is 30.0. The summed E-state index contributed by atoms with van der Waals surface area (Å²) in [5, 5.41) is 1.91. The van der Waals surface area contributed by atoms with Crippen molar-refractivity contribution in [2.75, 3.05) is 0 Å². The van der Waals surface area contributed by atoms with Gasteiger partial charge in [-0.05, 0) is 46.8 Å². The molecule has 0 bridgehead atoms. The van der Waals surface area contributed by atoms with Gasteiger partial charge in [-0.2, -0.15) is 22.9 Å². The second kappa shape index (κ2) is 17.0. The van der Waals surface area contributed by atoms with E-state index in [1.54, 1.807) is 12.4 Å². The van der Waals surface area contributed by atoms with Crippen LogP contribution >= 0.6 is 0 Å². The smallest absolute Gasteiger partial charge is 0.503 e. The molecule has 4 aromatic carbocycles. The molecule has 7 nitrogen and oxygen atoms in total. The van der Waals surface area contributed by atoms with Gasteiger partial charge in [0.2, 0.25) is 5.95 Å². The molecule has 0 aliphatic rings. The van der Waals surface area contributed by atoms with Gasteiger partial charge in [0.15, 0.2) is 0 Å². The molecule has 8 aromatic rings. The molecule has 4 heterocycles. The Morgan fingerprint density at radius 3 is 1.39 bits per heavy atom. The molecule has 0 saturated heterocycles. The van der Waals surface area contributed by atoms with E-state index >= 15 is 0 Å². The molecular weight excluding hydrogens is 1030 g/mol. The number of aromatic nitrogens is 5. The fourth-order valence-corrected chi connectivity index (χ4v) is 6.90. The van der Waals surface area contributed by atoms with Crippen molar-refractivity contribution in [3.05, 3.63) is 152 Å². The van der Waals surface area contributed by atoms with Crippen LogP contribution in [-0.4, -0.2) is 24.5 Å². The van der Waals surface area contributed by atoms with Crippen LogP contribution in [0.25, 0.3) is 50.3 Å². The van der Waals surface area contributed by atoms with E-state index in [0.29, 0.717) is 46.7 Å². The molecule has 0 spiro atoms. The van der Waals surface area contributed by atoms with Crippen LogP contribution in [0.4, 0.5) is 0 Å². The van der Waals surface area contributed by atoms with Crippen LogP contribution in [0.5, 0.6) is 23.0 Å². The second-order valence-electron chi connectivity index (χ2n) is 13.3. The SMILES string of the molecule is CC(C)C(c1cnc(-n2c3[c-]c(Oc4[c-]c(-c5ccccn5)ccc4)ccc3c3ccc(Oc4[c-]c(-c5ccccn5)ccc4)[c-]c32)nc1)C(C)C.[Pt+2].[Pt+2]. The molecule has 0 aliphatic carbocycles. The standard InChI is InChI=1S/C45H35N5O2.2Pt/c1-29(2)44(30(3)4)33-27-48-45(49-28-33)50-42-25-36(51-34-13-9-11-31(23-34)40-15-5-7-21-46-40)17-19-38(42)39-20-18-37(26-43(39)50)52-35-14-10-12-32(24-35)41-16-6-8-22-47-41;;/h5-22,27-30,44H,1-4H3;;/q-4;2*+2. The Bertz CT molecular complexity index is 2340. The summed E-state index contributed by atoms with van der Waals surface area (Å²) in [5.74, 6) is 3.91. The fourth-order valence-electron chi connectivity index (χ4n) is 6.90. The first-order chi connectivity index (χ1) is 25.4. The van der Waals surface area contributed by atoms with Gasteiger partial charge in [0.05, 0.1) is 0 Å². The zero-order valence-corrected chi connectivity index (χ0v) is 34.5. The van der Waals surface area contributed by atoms with Crippen molar-refractivity contribution in [1.29, 1.82) is 0 Å². The molecule has 0 unspecified atom stereocenters. The third-order valence-corrected chi connectivity index (χ3v) is 9.07. The van der Waals surface area contributed by atoms with Crippen LogP contribution < -0.4 is 9.47 Å². The van der Waals surface area contributed by atoms with E-state index in [1.807, 2.05) is 114 Å². The van der Waals surface area contributed by atoms with Crippen molar-refractivity contribution in [1.82, 2.24) is 24.5 Å². The van der Waals surface area contributed by atoms with E-state index in [4.69, 9.17) is 19.4 Å². The number of ether oxygens (including phenoxy) is 2. The monoisotopic (exact) mass is 1070 g/mol. The minimum Gasteiger partial charge on any atom is -0.503 e. The maximum Gasteiger partial charge on any atom is 2.00 e. The van der Waals surface area contributed by atoms with Crippen LogP contribution in [0.15, 0.2) is 122 Å². The molecule has 0 fully saturated rings. The summed E-state index contributed by atoms with van der Waals surface area (Å²) in [5.41, 5.74) is 5.94. The Kier molecular flexibility index (Phi) is 12.2. The molecule has 0 aliphatic heterocycles. The molecule has 0 saturated carbocycles. The normalized spacial score (nSPS) is 11.2. The van der Waals surface area contributed by atoms with Crippen LogP contribution in [0.3, 0.4) is 0 Å². The zero-order chi connectivity index (χ0) is 35.6. The fraction of sp³-hybridized carbons (Fsp3) is 0.156. The molecular formula is C45H35N5O2Pt2. The first kappa shape index (κ1) is 38.8. The molecule has 0 N–H and O–H groups in total. The number of rotatable bonds is 10. The van der Waals surface area contributed by atoms with E-state index in [1.165, 1.54) is 0 Å². The average Bonchev–Trinajstić information content (AvgIpc) is 3.48. The van der Waals surface area contributed by atoms with Crippen molar-refractivity contribution >= 4 is 21.8 Å². The van der Waals surface area contributed by atoms with E-state index < -0.39 is 0 Å². The van der Waals surface area contributed by atoms with Crippen molar-refractivity contribution in [2.24, 2.45) is 11.8 Å². The summed E-state index contributed by atoms with van der Waals surface area (Å²) in [6, 6.07) is 44.7. The largest absolute Gasteiger partial charge is 2.00 e. The number of benzene rings is 4. The van der Waals surface area contributed by atoms with Gasteiger partial charge in [0.1, 0.15) is 0 Å². The molecule has 272 valence electrons. The van der Waals surface area contributed by atoms with E-state index in [0.717, 1.165) is 49.9 Å². The van der Waals surface area contributed by atoms with E-state index in [2.05, 4.69) is 61.9 Å². The van der Waals surface area contributed by atoms with Crippen molar-refractivity contribution in [3.8, 4) is 51.5 Å². The van der Waals surface area contributed by atoms with Crippen LogP contribution in [0.1, 0.15) is 39.2 Å². The first-order valence-corrected chi connectivity index (χ1v) is 17.4. The van der Waals surface area contributed by atoms with Gasteiger partial charge in [-0.3, -0.25) is 0 Å². The molecule has 9 heteroatoms. The number of nitrogens with zero attached hydrogens (tertiary/aromatic N) is 5. The van der Waals surface area contributed by atoms with Crippen LogP contribution in [-0.2, 0) is 42.1 Å². The minimum atomic E-state index is 0. The topological polar surface area (TPSA) is 75.0 Å². The summed E-state index contributed by atoms with van der Waals surface area (Å²) in [6.07, 6.45) is 7.43. The van der Waals surface area contributed by atoms with Gasteiger partial charge in [-0.15, -0.1) is 71.8 Å². The third-order valence-electron chi connectivity index (χ3n) is 9.07. The predicted octanol–water partition coefficient (Wildman–Crippen LogP) is 10.9. The van der Waals surface area contributed by atoms with Crippen molar-refractivity contribution in [3.63, 3.8) is 0 Å². The van der Waals surface area contributed by atoms with Crippen LogP contribution in [0.2, 0.25) is 0 Å². The number of pyridine rings is 2. The molecule has 8 rings (SSSR count). The van der Waals surface area contributed by atoms with Gasteiger partial charge in [0.25, 0.3) is 0 Å². The summed E-state index contributed by atoms with van der Waals surface area (Å²) in [7, 11) is 0. The van der Waals surface area contributed by atoms with E-state index in [9.17, 15) is 0 Å². The second-order valence-corrected chi connectivity index (χ2v) is 13.3. The van der Waals surface area contributed by atoms with Crippen molar-refractivity contribution in [2.45, 2.75) is 33.6 Å². The van der Waals surface area contributed by atoms with Gasteiger partial charge >= 0.3 is 42.1 Å². The van der Waals surface area contributed by atoms with Gasteiger partial charge < -0.3 is 24.0 Å². The van der Waals surface area contributed by atoms with Gasteiger partial charge in [-0.25, -0.2) is 9.97 Å². The maximum atomic E-state index is 6.35. The Morgan fingerprint density at radius 1 is 0.500 bits per heavy atom. The summed E-state index contributed by atoms with van der Waals surface area (Å²) in [6.45, 7) is 8.97. The van der Waals surface area contributed by atoms with Crippen molar-refractivity contribution < 1.29 is 51.6 Å². The Labute approximate surface area is 344 Å². The first-order valence-electron chi connectivity index (χ1n) is 17.4. The molecule has 54 heavy (non-hydrogen) atoms. The Morgan fingerprint density at radius 2 is 0.963 bits per heavy atom. The molecule has 0 atom stereocenters. The number of hydrogen-bond acceptors (Lipinski definition) is 6. The van der Waals surface area contributed by atoms with E-state index in [-0.39, 0.29) is 42.1 Å². The van der Waals surface area contributed by atoms with Gasteiger partial charge in [0, 0.05) is 47.8 Å². The summed E-state index contributed by atoms with van der Waals surface area (Å²) in [4.78, 5) is 18.8. The summed E-state index contributed by atoms with van der Waals surface area (Å²) >= 11 is 0. The molecule has 0 amide bonds. The Balaban J connectivity index is 0.00000249. The van der Waals surface area contributed by atoms with Crippen LogP contribution in [0, 0.1) is 36.1 Å².